The van der Waals surface area contributed by atoms with Crippen molar-refractivity contribution >= 4 is 44.2 Å². The van der Waals surface area contributed by atoms with Gasteiger partial charge in [-0.1, -0.05) is 22.9 Å². The molecule has 0 spiro atoms. The van der Waals surface area contributed by atoms with Crippen LogP contribution in [0.1, 0.15) is 40.9 Å². The maximum Gasteiger partial charge on any atom is 0.416 e. The van der Waals surface area contributed by atoms with Crippen LogP contribution in [0.25, 0.3) is 10.2 Å². The largest absolute Gasteiger partial charge is 0.507 e. The van der Waals surface area contributed by atoms with Crippen LogP contribution in [0.3, 0.4) is 0 Å². The number of aromatic hydroxyl groups is 1. The lowest BCUT2D eigenvalue weighted by atomic mass is 10.1. The number of halogens is 4. The quantitative estimate of drug-likeness (QED) is 0.431. The fraction of sp³-hybridized carbons (Fsp3) is 0.391. The molecule has 1 aliphatic rings. The number of carbonyl (C=O) groups is 1. The maximum atomic E-state index is 13.2. The van der Waals surface area contributed by atoms with Gasteiger partial charge in [0.25, 0.3) is 5.91 Å². The van der Waals surface area contributed by atoms with E-state index in [9.17, 15) is 23.1 Å². The molecule has 1 fully saturated rings. The normalized spacial score (nSPS) is 19.3. The number of nitrogens with zero attached hydrogens (tertiary/aromatic N) is 2. The van der Waals surface area contributed by atoms with Crippen molar-refractivity contribution in [2.45, 2.75) is 45.3 Å². The molecule has 35 heavy (non-hydrogen) atoms. The first-order valence-corrected chi connectivity index (χ1v) is 12.0. The van der Waals surface area contributed by atoms with Crippen molar-refractivity contribution in [2.75, 3.05) is 18.4 Å². The molecule has 12 heteroatoms. The fourth-order valence-electron chi connectivity index (χ4n) is 4.24. The highest BCUT2D eigenvalue weighted by Gasteiger charge is 2.32. The Morgan fingerprint density at radius 1 is 1.26 bits per heavy atom. The number of rotatable bonds is 5. The first-order chi connectivity index (χ1) is 16.4. The van der Waals surface area contributed by atoms with Crippen LogP contribution in [-0.4, -0.2) is 46.2 Å². The second kappa shape index (κ2) is 9.90. The summed E-state index contributed by atoms with van der Waals surface area (Å²) in [5, 5.41) is 13.7. The fourth-order valence-corrected chi connectivity index (χ4v) is 5.43. The molecule has 3 aromatic rings. The number of ether oxygens (including phenoxy) is 1. The van der Waals surface area contributed by atoms with Gasteiger partial charge < -0.3 is 15.6 Å². The minimum atomic E-state index is -4.54. The summed E-state index contributed by atoms with van der Waals surface area (Å²) in [6, 6.07) is 4.86. The number of phenols is 1. The molecule has 1 aromatic heterocycles. The molecule has 0 aliphatic carbocycles. The molecule has 1 unspecified atom stereocenters. The van der Waals surface area contributed by atoms with Gasteiger partial charge in [-0.2, -0.15) is 13.2 Å². The maximum absolute atomic E-state index is 13.2. The van der Waals surface area contributed by atoms with Crippen molar-refractivity contribution in [3.8, 4) is 5.75 Å². The number of aromatic nitrogens is 1. The second-order valence-corrected chi connectivity index (χ2v) is 10.0. The van der Waals surface area contributed by atoms with E-state index >= 15 is 0 Å². The number of amides is 1. The van der Waals surface area contributed by atoms with Gasteiger partial charge in [-0.25, -0.2) is 4.98 Å². The third kappa shape index (κ3) is 5.70. The number of hydrogen-bond donors (Lipinski definition) is 3. The lowest BCUT2D eigenvalue weighted by molar-refractivity contribution is -0.137. The zero-order valence-electron chi connectivity index (χ0n) is 18.9. The monoisotopic (exact) mass is 528 g/mol. The zero-order chi connectivity index (χ0) is 25.5. The number of thiazole rings is 1. The predicted molar refractivity (Wildman–Crippen MR) is 129 cm³/mol. The molecule has 2 atom stereocenters. The van der Waals surface area contributed by atoms with Crippen LogP contribution in [0, 0.1) is 0 Å². The van der Waals surface area contributed by atoms with Crippen molar-refractivity contribution < 1.29 is 27.8 Å². The topological polar surface area (TPSA) is 101 Å². The van der Waals surface area contributed by atoms with Crippen LogP contribution in [0.15, 0.2) is 24.3 Å². The van der Waals surface area contributed by atoms with E-state index in [0.29, 0.717) is 25.2 Å². The van der Waals surface area contributed by atoms with Crippen LogP contribution < -0.4 is 11.1 Å². The predicted octanol–water partition coefficient (Wildman–Crippen LogP) is 4.99. The SMILES string of the molecule is CC1CN(Cc2cc(Cl)cc(C(=O)Nc3nc4c(CN)cc(C(F)(F)F)cc4s3)c2O)C[C@@H](C)O1. The zero-order valence-corrected chi connectivity index (χ0v) is 20.5. The number of fused-ring (bicyclic) bond motifs is 1. The Hall–Kier alpha value is -2.44. The van der Waals surface area contributed by atoms with E-state index in [1.165, 1.54) is 6.07 Å². The van der Waals surface area contributed by atoms with Crippen molar-refractivity contribution in [3.63, 3.8) is 0 Å². The molecule has 2 heterocycles. The summed E-state index contributed by atoms with van der Waals surface area (Å²) in [4.78, 5) is 19.4. The highest BCUT2D eigenvalue weighted by molar-refractivity contribution is 7.22. The van der Waals surface area contributed by atoms with Crippen molar-refractivity contribution in [3.05, 3.63) is 51.5 Å². The van der Waals surface area contributed by atoms with Crippen LogP contribution >= 0.6 is 22.9 Å². The molecule has 1 aliphatic heterocycles. The molecule has 0 radical (unpaired) electrons. The number of nitrogens with two attached hydrogens (primary N) is 1. The summed E-state index contributed by atoms with van der Waals surface area (Å²) in [6.45, 7) is 5.47. The van der Waals surface area contributed by atoms with Crippen LogP contribution in [0.2, 0.25) is 5.02 Å². The number of benzene rings is 2. The molecular formula is C23H24ClF3N4O3S. The third-order valence-electron chi connectivity index (χ3n) is 5.63. The molecule has 4 N–H and O–H groups in total. The number of hydrogen-bond acceptors (Lipinski definition) is 7. The molecule has 4 rings (SSSR count). The number of phenolic OH excluding ortho intramolecular Hbond substituents is 1. The lowest BCUT2D eigenvalue weighted by Crippen LogP contribution is -2.44. The Balaban J connectivity index is 1.60. The Bertz CT molecular complexity index is 1260. The number of anilines is 1. The van der Waals surface area contributed by atoms with Crippen LogP contribution in [0.5, 0.6) is 5.75 Å². The van der Waals surface area contributed by atoms with Gasteiger partial charge in [0.15, 0.2) is 5.13 Å². The molecule has 0 bridgehead atoms. The molecule has 188 valence electrons. The Labute approximate surface area is 208 Å². The summed E-state index contributed by atoms with van der Waals surface area (Å²) in [6.07, 6.45) is -4.49. The highest BCUT2D eigenvalue weighted by Crippen LogP contribution is 2.37. The molecule has 2 aromatic carbocycles. The molecule has 1 amide bonds. The van der Waals surface area contributed by atoms with Gasteiger partial charge >= 0.3 is 6.18 Å². The van der Waals surface area contributed by atoms with E-state index in [1.807, 2.05) is 13.8 Å². The van der Waals surface area contributed by atoms with Gasteiger partial charge in [0.05, 0.1) is 33.6 Å². The van der Waals surface area contributed by atoms with Crippen molar-refractivity contribution in [1.29, 1.82) is 0 Å². The number of alkyl halides is 3. The van der Waals surface area contributed by atoms with Gasteiger partial charge in [0.2, 0.25) is 0 Å². The number of carbonyl (C=O) groups excluding carboxylic acids is 1. The Morgan fingerprint density at radius 2 is 1.94 bits per heavy atom. The van der Waals surface area contributed by atoms with Gasteiger partial charge in [-0.15, -0.1) is 0 Å². The van der Waals surface area contributed by atoms with E-state index in [2.05, 4.69) is 15.2 Å². The van der Waals surface area contributed by atoms with E-state index in [4.69, 9.17) is 22.1 Å². The smallest absolute Gasteiger partial charge is 0.416 e. The summed E-state index contributed by atoms with van der Waals surface area (Å²) in [5.74, 6) is -0.902. The van der Waals surface area contributed by atoms with Gasteiger partial charge in [0.1, 0.15) is 5.75 Å². The summed E-state index contributed by atoms with van der Waals surface area (Å²) in [7, 11) is 0. The molecule has 7 nitrogen and oxygen atoms in total. The minimum Gasteiger partial charge on any atom is -0.507 e. The van der Waals surface area contributed by atoms with E-state index in [1.54, 1.807) is 6.07 Å². The first kappa shape index (κ1) is 25.6. The average molecular weight is 529 g/mol. The average Bonchev–Trinajstić information content (AvgIpc) is 3.16. The van der Waals surface area contributed by atoms with E-state index in [0.717, 1.165) is 23.5 Å². The second-order valence-electron chi connectivity index (χ2n) is 8.57. The van der Waals surface area contributed by atoms with E-state index in [-0.39, 0.29) is 56.0 Å². The van der Waals surface area contributed by atoms with Gasteiger partial charge in [-0.05, 0) is 43.7 Å². The minimum absolute atomic E-state index is 0.0261. The number of morpholine rings is 1. The van der Waals surface area contributed by atoms with E-state index < -0.39 is 17.6 Å². The van der Waals surface area contributed by atoms with Gasteiger partial charge in [0, 0.05) is 36.8 Å². The standard InChI is InChI=1S/C23H24ClF3N4O3S/c1-11-8-31(9-12(2)34-11)10-14-4-16(24)6-17(20(14)32)21(33)30-22-29-19-13(7-28)3-15(23(25,26)27)5-18(19)35-22/h3-6,11-12,32H,7-10,28H2,1-2H3,(H,29,30,33)/t11-,12?/m1/s1. The third-order valence-corrected chi connectivity index (χ3v) is 6.77. The summed E-state index contributed by atoms with van der Waals surface area (Å²) >= 11 is 7.13. The van der Waals surface area contributed by atoms with Crippen LogP contribution in [0.4, 0.5) is 18.3 Å². The van der Waals surface area contributed by atoms with Gasteiger partial charge in [-0.3, -0.25) is 15.0 Å². The summed E-state index contributed by atoms with van der Waals surface area (Å²) < 4.78 is 45.6. The first-order valence-electron chi connectivity index (χ1n) is 10.9. The highest BCUT2D eigenvalue weighted by atomic mass is 35.5. The lowest BCUT2D eigenvalue weighted by Gasteiger charge is -2.35. The van der Waals surface area contributed by atoms with Crippen molar-refractivity contribution in [2.24, 2.45) is 5.73 Å². The molecule has 1 saturated heterocycles. The van der Waals surface area contributed by atoms with Crippen molar-refractivity contribution in [1.82, 2.24) is 9.88 Å². The molecular weight excluding hydrogens is 505 g/mol. The summed E-state index contributed by atoms with van der Waals surface area (Å²) in [5.41, 5.74) is 5.71. The Morgan fingerprint density at radius 3 is 2.57 bits per heavy atom. The Kier molecular flexibility index (Phi) is 7.26. The number of nitrogens with one attached hydrogen (secondary N) is 1. The van der Waals surface area contributed by atoms with Crippen LogP contribution in [-0.2, 0) is 24.0 Å². The molecule has 0 saturated carbocycles.